The van der Waals surface area contributed by atoms with Crippen molar-refractivity contribution >= 4 is 17.4 Å². The fourth-order valence-electron chi connectivity index (χ4n) is 3.97. The van der Waals surface area contributed by atoms with Crippen LogP contribution in [0.15, 0.2) is 48.5 Å². The van der Waals surface area contributed by atoms with E-state index in [1.165, 1.54) is 20.3 Å². The van der Waals surface area contributed by atoms with Crippen molar-refractivity contribution in [2.24, 2.45) is 0 Å². The van der Waals surface area contributed by atoms with Crippen molar-refractivity contribution in [3.63, 3.8) is 0 Å². The maximum Gasteiger partial charge on any atom is 0.410 e. The molecule has 2 N–H and O–H groups in total. The molecule has 3 aromatic rings. The number of carbonyl (C=O) groups is 1. The molecule has 2 aromatic carbocycles. The molecular formula is C24H25F3N4O4. The first-order chi connectivity index (χ1) is 16.7. The fourth-order valence-corrected chi connectivity index (χ4v) is 3.97. The summed E-state index contributed by atoms with van der Waals surface area (Å²) in [4.78, 5) is 12.7. The van der Waals surface area contributed by atoms with Gasteiger partial charge in [0.2, 0.25) is 0 Å². The molecule has 0 saturated carbocycles. The van der Waals surface area contributed by atoms with Gasteiger partial charge in [0.15, 0.2) is 23.2 Å². The number of fused-ring (bicyclic) bond motifs is 1. The summed E-state index contributed by atoms with van der Waals surface area (Å²) in [6, 6.07) is 10.3. The van der Waals surface area contributed by atoms with Crippen LogP contribution in [0.25, 0.3) is 0 Å². The van der Waals surface area contributed by atoms with Crippen molar-refractivity contribution in [2.75, 3.05) is 31.5 Å². The lowest BCUT2D eigenvalue weighted by Gasteiger charge is -2.33. The molecule has 35 heavy (non-hydrogen) atoms. The van der Waals surface area contributed by atoms with Crippen LogP contribution in [-0.4, -0.2) is 42.7 Å². The molecule has 1 amide bonds. The smallest absolute Gasteiger partial charge is 0.410 e. The quantitative estimate of drug-likeness (QED) is 0.473. The Morgan fingerprint density at radius 2 is 1.83 bits per heavy atom. The normalized spacial score (nSPS) is 17.2. The van der Waals surface area contributed by atoms with Gasteiger partial charge in [-0.3, -0.25) is 4.79 Å². The van der Waals surface area contributed by atoms with Crippen molar-refractivity contribution in [3.8, 4) is 17.2 Å². The zero-order chi connectivity index (χ0) is 25.2. The SMILES string of the molecule is CCOc1ccc(NC(=O)c2cc3n(n2)C(C(F)(F)F)CC(c2ccc(OC)c(OC)c2)N3)cc1. The topological polar surface area (TPSA) is 86.6 Å². The van der Waals surface area contributed by atoms with E-state index in [1.807, 2.05) is 6.92 Å². The van der Waals surface area contributed by atoms with E-state index < -0.39 is 24.2 Å². The zero-order valence-corrected chi connectivity index (χ0v) is 19.3. The number of alkyl halides is 3. The largest absolute Gasteiger partial charge is 0.494 e. The molecule has 4 rings (SSSR count). The molecule has 1 aliphatic rings. The Hall–Kier alpha value is -3.89. The lowest BCUT2D eigenvalue weighted by atomic mass is 9.96. The number of rotatable bonds is 7. The van der Waals surface area contributed by atoms with Gasteiger partial charge in [0.1, 0.15) is 11.6 Å². The standard InChI is InChI=1S/C24H25F3N4O4/c1-4-35-16-8-6-15(7-9-16)28-23(32)18-13-22-29-17(12-21(24(25,26)27)31(22)30-18)14-5-10-19(33-2)20(11-14)34-3/h5-11,13,17,21,29H,4,12H2,1-3H3,(H,28,32). The molecule has 11 heteroatoms. The van der Waals surface area contributed by atoms with E-state index in [0.717, 1.165) is 4.68 Å². The van der Waals surface area contributed by atoms with Crippen LogP contribution in [0.3, 0.4) is 0 Å². The predicted molar refractivity (Wildman–Crippen MR) is 123 cm³/mol. The number of carbonyl (C=O) groups excluding carboxylic acids is 1. The second-order valence-corrected chi connectivity index (χ2v) is 7.88. The summed E-state index contributed by atoms with van der Waals surface area (Å²) in [5, 5.41) is 9.71. The van der Waals surface area contributed by atoms with Crippen LogP contribution < -0.4 is 24.8 Å². The number of hydrogen-bond acceptors (Lipinski definition) is 6. The molecule has 0 saturated heterocycles. The molecule has 8 nitrogen and oxygen atoms in total. The van der Waals surface area contributed by atoms with Gasteiger partial charge in [-0.25, -0.2) is 4.68 Å². The van der Waals surface area contributed by atoms with Crippen LogP contribution in [-0.2, 0) is 0 Å². The number of benzene rings is 2. The molecule has 2 atom stereocenters. The minimum atomic E-state index is -4.57. The summed E-state index contributed by atoms with van der Waals surface area (Å²) in [5.74, 6) is 0.987. The van der Waals surface area contributed by atoms with Gasteiger partial charge >= 0.3 is 6.18 Å². The monoisotopic (exact) mass is 490 g/mol. The van der Waals surface area contributed by atoms with Crippen LogP contribution in [0, 0.1) is 0 Å². The van der Waals surface area contributed by atoms with Crippen molar-refractivity contribution in [1.29, 1.82) is 0 Å². The van der Waals surface area contributed by atoms with Gasteiger partial charge in [-0.05, 0) is 48.9 Å². The molecular weight excluding hydrogens is 465 g/mol. The average Bonchev–Trinajstić information content (AvgIpc) is 3.28. The van der Waals surface area contributed by atoms with Crippen LogP contribution in [0.1, 0.15) is 41.5 Å². The summed E-state index contributed by atoms with van der Waals surface area (Å²) >= 11 is 0. The molecule has 1 aromatic heterocycles. The number of nitrogens with one attached hydrogen (secondary N) is 2. The first kappa shape index (κ1) is 24.2. The Labute approximate surface area is 200 Å². The highest BCUT2D eigenvalue weighted by Crippen LogP contribution is 2.44. The van der Waals surface area contributed by atoms with Gasteiger partial charge in [0.05, 0.1) is 26.9 Å². The second kappa shape index (κ2) is 9.77. The zero-order valence-electron chi connectivity index (χ0n) is 19.3. The minimum Gasteiger partial charge on any atom is -0.494 e. The number of hydrogen-bond donors (Lipinski definition) is 2. The predicted octanol–water partition coefficient (Wildman–Crippen LogP) is 5.21. The molecule has 2 heterocycles. The Morgan fingerprint density at radius 1 is 1.11 bits per heavy atom. The third-order valence-electron chi connectivity index (χ3n) is 5.66. The summed E-state index contributed by atoms with van der Waals surface area (Å²) in [7, 11) is 2.94. The van der Waals surface area contributed by atoms with Crippen molar-refractivity contribution < 1.29 is 32.2 Å². The third kappa shape index (κ3) is 5.13. The highest BCUT2D eigenvalue weighted by Gasteiger charge is 2.47. The fraction of sp³-hybridized carbons (Fsp3) is 0.333. The van der Waals surface area contributed by atoms with Crippen LogP contribution >= 0.6 is 0 Å². The van der Waals surface area contributed by atoms with Gasteiger partial charge in [-0.15, -0.1) is 0 Å². The number of ether oxygens (including phenoxy) is 3. The number of aromatic nitrogens is 2. The van der Waals surface area contributed by atoms with E-state index in [0.29, 0.717) is 35.1 Å². The van der Waals surface area contributed by atoms with Gasteiger partial charge in [-0.2, -0.15) is 18.3 Å². The first-order valence-electron chi connectivity index (χ1n) is 10.9. The maximum absolute atomic E-state index is 14.0. The Bertz CT molecular complexity index is 1190. The van der Waals surface area contributed by atoms with E-state index >= 15 is 0 Å². The Kier molecular flexibility index (Phi) is 6.77. The van der Waals surface area contributed by atoms with Crippen molar-refractivity contribution in [3.05, 3.63) is 59.8 Å². The van der Waals surface area contributed by atoms with Gasteiger partial charge in [0.25, 0.3) is 5.91 Å². The maximum atomic E-state index is 14.0. The van der Waals surface area contributed by atoms with Gasteiger partial charge in [-0.1, -0.05) is 6.07 Å². The van der Waals surface area contributed by atoms with Crippen LogP contribution in [0.2, 0.25) is 0 Å². The highest BCUT2D eigenvalue weighted by atomic mass is 19.4. The molecule has 0 bridgehead atoms. The minimum absolute atomic E-state index is 0.0928. The van der Waals surface area contributed by atoms with Gasteiger partial charge < -0.3 is 24.8 Å². The lowest BCUT2D eigenvalue weighted by Crippen LogP contribution is -2.35. The van der Waals surface area contributed by atoms with Crippen molar-refractivity contribution in [1.82, 2.24) is 9.78 Å². The number of anilines is 2. The van der Waals surface area contributed by atoms with E-state index in [1.54, 1.807) is 42.5 Å². The Balaban J connectivity index is 1.60. The summed E-state index contributed by atoms with van der Waals surface area (Å²) < 4.78 is 58.7. The van der Waals surface area contributed by atoms with Gasteiger partial charge in [0, 0.05) is 18.2 Å². The Morgan fingerprint density at radius 3 is 2.46 bits per heavy atom. The third-order valence-corrected chi connectivity index (χ3v) is 5.66. The molecule has 2 unspecified atom stereocenters. The summed E-state index contributed by atoms with van der Waals surface area (Å²) in [6.07, 6.45) is -4.88. The summed E-state index contributed by atoms with van der Waals surface area (Å²) in [6.45, 7) is 2.36. The van der Waals surface area contributed by atoms with E-state index in [2.05, 4.69) is 15.7 Å². The van der Waals surface area contributed by atoms with E-state index in [4.69, 9.17) is 14.2 Å². The highest BCUT2D eigenvalue weighted by molar-refractivity contribution is 6.03. The number of amides is 1. The van der Waals surface area contributed by atoms with Crippen LogP contribution in [0.5, 0.6) is 17.2 Å². The van der Waals surface area contributed by atoms with E-state index in [-0.39, 0.29) is 17.9 Å². The first-order valence-corrected chi connectivity index (χ1v) is 10.9. The molecule has 0 fully saturated rings. The average molecular weight is 490 g/mol. The molecule has 0 spiro atoms. The summed E-state index contributed by atoms with van der Waals surface area (Å²) in [5.41, 5.74) is 0.918. The molecule has 1 aliphatic heterocycles. The van der Waals surface area contributed by atoms with E-state index in [9.17, 15) is 18.0 Å². The molecule has 0 radical (unpaired) electrons. The van der Waals surface area contributed by atoms with Crippen LogP contribution in [0.4, 0.5) is 24.7 Å². The number of methoxy groups -OCH3 is 2. The molecule has 186 valence electrons. The van der Waals surface area contributed by atoms with Crippen molar-refractivity contribution in [2.45, 2.75) is 31.6 Å². The second-order valence-electron chi connectivity index (χ2n) is 7.88. The lowest BCUT2D eigenvalue weighted by molar-refractivity contribution is -0.173. The molecule has 0 aliphatic carbocycles. The number of halogens is 3. The number of nitrogens with zero attached hydrogens (tertiary/aromatic N) is 2.